The van der Waals surface area contributed by atoms with Gasteiger partial charge in [0.15, 0.2) is 0 Å². The quantitative estimate of drug-likeness (QED) is 0.136. The molecule has 0 aromatic heterocycles. The van der Waals surface area contributed by atoms with Gasteiger partial charge in [0.1, 0.15) is 0 Å². The zero-order valence-electron chi connectivity index (χ0n) is 17.4. The van der Waals surface area contributed by atoms with E-state index in [0.29, 0.717) is 6.42 Å². The Bertz CT molecular complexity index is 475. The van der Waals surface area contributed by atoms with Crippen LogP contribution in [0.3, 0.4) is 0 Å². The Hall–Kier alpha value is -0.580. The predicted molar refractivity (Wildman–Crippen MR) is 111 cm³/mol. The molecule has 0 fully saturated rings. The van der Waals surface area contributed by atoms with E-state index in [-0.39, 0.29) is 6.42 Å². The van der Waals surface area contributed by atoms with E-state index >= 15 is 0 Å². The van der Waals surface area contributed by atoms with Crippen LogP contribution in [0.15, 0.2) is 12.2 Å². The van der Waals surface area contributed by atoms with Gasteiger partial charge in [0.25, 0.3) is 0 Å². The predicted octanol–water partition coefficient (Wildman–Crippen LogP) is 6.80. The topological polar surface area (TPSA) is 74.6 Å². The Morgan fingerprint density at radius 3 is 1.82 bits per heavy atom. The van der Waals surface area contributed by atoms with Gasteiger partial charge in [0.05, 0.1) is 6.16 Å². The minimum atomic E-state index is -4.50. The monoisotopic (exact) mass is 424 g/mol. The summed E-state index contributed by atoms with van der Waals surface area (Å²) in [6.45, 7) is 2.22. The summed E-state index contributed by atoms with van der Waals surface area (Å²) in [5.41, 5.74) is 0. The molecule has 0 heterocycles. The number of rotatable bonds is 19. The van der Waals surface area contributed by atoms with Crippen molar-refractivity contribution in [2.45, 2.75) is 109 Å². The van der Waals surface area contributed by atoms with Crippen molar-refractivity contribution in [2.24, 2.45) is 0 Å². The van der Waals surface area contributed by atoms with Crippen LogP contribution in [-0.2, 0) is 9.36 Å². The summed E-state index contributed by atoms with van der Waals surface area (Å²) >= 11 is 0. The van der Waals surface area contributed by atoms with E-state index in [1.807, 2.05) is 0 Å². The van der Waals surface area contributed by atoms with E-state index in [0.717, 1.165) is 38.5 Å². The summed E-state index contributed by atoms with van der Waals surface area (Å²) in [7, 11) is -4.50. The van der Waals surface area contributed by atoms with E-state index in [2.05, 4.69) is 19.1 Å². The second-order valence-corrected chi connectivity index (χ2v) is 9.38. The third-order valence-corrected chi connectivity index (χ3v) is 5.60. The summed E-state index contributed by atoms with van der Waals surface area (Å²) in [5.74, 6) is -4.85. The molecule has 0 aliphatic carbocycles. The first-order chi connectivity index (χ1) is 13.2. The van der Waals surface area contributed by atoms with Crippen LogP contribution in [0.2, 0.25) is 0 Å². The molecule has 4 nitrogen and oxygen atoms in total. The third kappa shape index (κ3) is 17.5. The number of carbonyl (C=O) groups is 1. The lowest BCUT2D eigenvalue weighted by atomic mass is 10.0. The average Bonchev–Trinajstić information content (AvgIpc) is 2.62. The lowest BCUT2D eigenvalue weighted by Crippen LogP contribution is -2.29. The van der Waals surface area contributed by atoms with Crippen LogP contribution in [0.1, 0.15) is 103 Å². The maximum atomic E-state index is 13.5. The van der Waals surface area contributed by atoms with Crippen LogP contribution in [0, 0.1) is 0 Å². The van der Waals surface area contributed by atoms with Gasteiger partial charge in [-0.1, -0.05) is 70.4 Å². The van der Waals surface area contributed by atoms with E-state index in [1.54, 1.807) is 0 Å². The van der Waals surface area contributed by atoms with Crippen molar-refractivity contribution in [3.8, 4) is 0 Å². The number of alkyl halides is 2. The summed E-state index contributed by atoms with van der Waals surface area (Å²) in [4.78, 5) is 28.8. The molecule has 0 saturated heterocycles. The minimum Gasteiger partial charge on any atom is -0.324 e. The minimum absolute atomic E-state index is 0.230. The fraction of sp³-hybridized carbons (Fsp3) is 0.857. The van der Waals surface area contributed by atoms with Crippen LogP contribution in [0.4, 0.5) is 8.78 Å². The molecule has 0 aliphatic heterocycles. The normalized spacial score (nSPS) is 12.8. The zero-order valence-corrected chi connectivity index (χ0v) is 18.3. The molecule has 0 saturated carbocycles. The van der Waals surface area contributed by atoms with Gasteiger partial charge in [-0.15, -0.1) is 0 Å². The number of allylic oxidation sites excluding steroid dienone is 2. The smallest absolute Gasteiger partial charge is 0.324 e. The van der Waals surface area contributed by atoms with E-state index in [1.165, 1.54) is 38.5 Å². The molecular formula is C21H39F2O4P. The Balaban J connectivity index is 3.55. The highest BCUT2D eigenvalue weighted by molar-refractivity contribution is 7.51. The van der Waals surface area contributed by atoms with E-state index < -0.39 is 31.9 Å². The molecule has 0 spiro atoms. The molecule has 0 amide bonds. The van der Waals surface area contributed by atoms with Crippen molar-refractivity contribution in [3.05, 3.63) is 12.2 Å². The first kappa shape index (κ1) is 27.4. The standard InChI is InChI=1S/C21H39F2O4P/c1-2-3-4-5-6-7-8-9-10-11-12-13-14-15-16-17-20(24)21(22,23)18-19-28(25,26)27/h9-10H,2-8,11-19H2,1H3,(H2,25,26,27). The fourth-order valence-corrected chi connectivity index (χ4v) is 3.54. The molecule has 28 heavy (non-hydrogen) atoms. The number of Topliss-reactive ketones (excluding diaryl/α,β-unsaturated/α-hetero) is 1. The largest absolute Gasteiger partial charge is 0.325 e. The molecule has 0 unspecified atom stereocenters. The van der Waals surface area contributed by atoms with Gasteiger partial charge < -0.3 is 9.79 Å². The first-order valence-electron chi connectivity index (χ1n) is 10.8. The summed E-state index contributed by atoms with van der Waals surface area (Å²) < 4.78 is 37.7. The van der Waals surface area contributed by atoms with Crippen molar-refractivity contribution >= 4 is 13.4 Å². The van der Waals surface area contributed by atoms with Crippen LogP contribution >= 0.6 is 7.60 Å². The van der Waals surface area contributed by atoms with Gasteiger partial charge in [-0.05, 0) is 32.1 Å². The molecule has 0 atom stereocenters. The third-order valence-electron chi connectivity index (χ3n) is 4.79. The molecule has 2 N–H and O–H groups in total. The Morgan fingerprint density at radius 2 is 1.32 bits per heavy atom. The molecular weight excluding hydrogens is 385 g/mol. The van der Waals surface area contributed by atoms with Crippen molar-refractivity contribution in [2.75, 3.05) is 6.16 Å². The van der Waals surface area contributed by atoms with E-state index in [9.17, 15) is 18.1 Å². The number of unbranched alkanes of at least 4 members (excludes halogenated alkanes) is 11. The summed E-state index contributed by atoms with van der Waals surface area (Å²) in [6.07, 6.45) is 16.4. The zero-order chi connectivity index (χ0) is 21.3. The molecule has 7 heteroatoms. The second-order valence-electron chi connectivity index (χ2n) is 7.60. The van der Waals surface area contributed by atoms with Gasteiger partial charge in [-0.2, -0.15) is 8.78 Å². The molecule has 166 valence electrons. The SMILES string of the molecule is CCCCCCCCC=CCCCCCCCC(=O)C(F)(F)CCP(=O)(O)O. The molecule has 0 rings (SSSR count). The van der Waals surface area contributed by atoms with Crippen molar-refractivity contribution < 1.29 is 27.9 Å². The number of hydrogen-bond acceptors (Lipinski definition) is 2. The maximum absolute atomic E-state index is 13.5. The molecule has 0 aromatic carbocycles. The first-order valence-corrected chi connectivity index (χ1v) is 12.6. The lowest BCUT2D eigenvalue weighted by Gasteiger charge is -2.15. The highest BCUT2D eigenvalue weighted by Crippen LogP contribution is 2.38. The van der Waals surface area contributed by atoms with Crippen molar-refractivity contribution in [1.82, 2.24) is 0 Å². The van der Waals surface area contributed by atoms with Gasteiger partial charge >= 0.3 is 13.5 Å². The molecule has 0 aromatic rings. The van der Waals surface area contributed by atoms with Crippen LogP contribution in [-0.4, -0.2) is 27.7 Å². The van der Waals surface area contributed by atoms with E-state index in [4.69, 9.17) is 9.79 Å². The van der Waals surface area contributed by atoms with Crippen molar-refractivity contribution in [3.63, 3.8) is 0 Å². The van der Waals surface area contributed by atoms with Crippen molar-refractivity contribution in [1.29, 1.82) is 0 Å². The van der Waals surface area contributed by atoms with Gasteiger partial charge in [0.2, 0.25) is 5.78 Å². The fourth-order valence-electron chi connectivity index (χ4n) is 2.96. The number of halogens is 2. The average molecular weight is 425 g/mol. The number of ketones is 1. The Morgan fingerprint density at radius 1 is 0.857 bits per heavy atom. The number of carbonyl (C=O) groups excluding carboxylic acids is 1. The van der Waals surface area contributed by atoms with Gasteiger partial charge in [-0.3, -0.25) is 9.36 Å². The molecule has 0 bridgehead atoms. The molecule has 0 aliphatic rings. The Labute approximate surface area is 169 Å². The summed E-state index contributed by atoms with van der Waals surface area (Å²) in [5, 5.41) is 0. The lowest BCUT2D eigenvalue weighted by molar-refractivity contribution is -0.143. The number of hydrogen-bond donors (Lipinski definition) is 2. The van der Waals surface area contributed by atoms with Gasteiger partial charge in [0, 0.05) is 12.8 Å². The highest BCUT2D eigenvalue weighted by Gasteiger charge is 2.39. The van der Waals surface area contributed by atoms with Crippen LogP contribution in [0.5, 0.6) is 0 Å². The summed E-state index contributed by atoms with van der Waals surface area (Å²) in [6, 6.07) is 0. The second kappa shape index (κ2) is 16.2. The van der Waals surface area contributed by atoms with Gasteiger partial charge in [-0.25, -0.2) is 0 Å². The molecule has 0 radical (unpaired) electrons. The van der Waals surface area contributed by atoms with Crippen LogP contribution in [0.25, 0.3) is 0 Å². The maximum Gasteiger partial charge on any atom is 0.325 e. The highest BCUT2D eigenvalue weighted by atomic mass is 31.2. The van der Waals surface area contributed by atoms with Crippen LogP contribution < -0.4 is 0 Å². The Kier molecular flexibility index (Phi) is 15.9.